The van der Waals surface area contributed by atoms with E-state index in [0.717, 1.165) is 33.8 Å². The normalized spacial score (nSPS) is 10.8. The Balaban J connectivity index is 1.52. The minimum Gasteiger partial charge on any atom is -0.465 e. The Morgan fingerprint density at radius 3 is 2.66 bits per heavy atom. The van der Waals surface area contributed by atoms with E-state index in [0.29, 0.717) is 11.5 Å². The van der Waals surface area contributed by atoms with Gasteiger partial charge in [0.25, 0.3) is 0 Å². The van der Waals surface area contributed by atoms with Crippen molar-refractivity contribution in [2.75, 3.05) is 12.4 Å². The lowest BCUT2D eigenvalue weighted by Gasteiger charge is -2.08. The van der Waals surface area contributed by atoms with Crippen molar-refractivity contribution in [3.8, 4) is 11.3 Å². The van der Waals surface area contributed by atoms with Crippen LogP contribution in [0.15, 0.2) is 84.2 Å². The summed E-state index contributed by atoms with van der Waals surface area (Å²) in [6, 6.07) is 18.6. The SMILES string of the molecule is COC(=O)c1ccc(C=Nc2cc(Nc3nccc(-c4cccnc4)n3)ccc2C)cc1. The lowest BCUT2D eigenvalue weighted by Crippen LogP contribution is -2.00. The highest BCUT2D eigenvalue weighted by atomic mass is 16.5. The molecule has 0 aliphatic carbocycles. The molecule has 0 aliphatic heterocycles. The molecule has 158 valence electrons. The van der Waals surface area contributed by atoms with Crippen molar-refractivity contribution >= 4 is 29.5 Å². The van der Waals surface area contributed by atoms with E-state index in [1.54, 1.807) is 36.9 Å². The first-order valence-electron chi connectivity index (χ1n) is 9.96. The Morgan fingerprint density at radius 1 is 1.06 bits per heavy atom. The number of methoxy groups -OCH3 is 1. The second-order valence-corrected chi connectivity index (χ2v) is 7.01. The molecule has 1 N–H and O–H groups in total. The molecule has 2 aromatic carbocycles. The van der Waals surface area contributed by atoms with Gasteiger partial charge in [-0.3, -0.25) is 9.98 Å². The number of rotatable bonds is 6. The number of carbonyl (C=O) groups is 1. The maximum absolute atomic E-state index is 11.6. The first kappa shape index (κ1) is 20.9. The summed E-state index contributed by atoms with van der Waals surface area (Å²) in [5, 5.41) is 3.24. The fraction of sp³-hybridized carbons (Fsp3) is 0.0800. The highest BCUT2D eigenvalue weighted by Crippen LogP contribution is 2.25. The Labute approximate surface area is 185 Å². The molecule has 0 saturated carbocycles. The molecule has 7 heteroatoms. The number of aromatic nitrogens is 3. The van der Waals surface area contributed by atoms with Gasteiger partial charge in [-0.15, -0.1) is 0 Å². The molecule has 0 amide bonds. The second kappa shape index (κ2) is 9.61. The molecule has 0 saturated heterocycles. The standard InChI is InChI=1S/C25H21N5O2/c1-17-5-10-21(29-25-27-13-11-22(30-25)20-4-3-12-26-16-20)14-23(17)28-15-18-6-8-19(9-7-18)24(31)32-2/h3-16H,1-2H3,(H,27,29,30). The lowest BCUT2D eigenvalue weighted by atomic mass is 10.1. The summed E-state index contributed by atoms with van der Waals surface area (Å²) in [6.45, 7) is 2.00. The van der Waals surface area contributed by atoms with E-state index in [2.05, 4.69) is 25.3 Å². The summed E-state index contributed by atoms with van der Waals surface area (Å²) in [7, 11) is 1.36. The third-order valence-electron chi connectivity index (χ3n) is 4.76. The van der Waals surface area contributed by atoms with Crippen LogP contribution in [0.25, 0.3) is 11.3 Å². The fourth-order valence-electron chi connectivity index (χ4n) is 3.02. The van der Waals surface area contributed by atoms with Crippen LogP contribution < -0.4 is 5.32 Å². The Morgan fingerprint density at radius 2 is 1.91 bits per heavy atom. The summed E-state index contributed by atoms with van der Waals surface area (Å²) in [5.74, 6) is 0.126. The van der Waals surface area contributed by atoms with Crippen LogP contribution in [-0.4, -0.2) is 34.2 Å². The van der Waals surface area contributed by atoms with Gasteiger partial charge in [0.05, 0.1) is 24.1 Å². The summed E-state index contributed by atoms with van der Waals surface area (Å²) >= 11 is 0. The molecule has 32 heavy (non-hydrogen) atoms. The third kappa shape index (κ3) is 5.02. The lowest BCUT2D eigenvalue weighted by molar-refractivity contribution is 0.0600. The van der Waals surface area contributed by atoms with Gasteiger partial charge in [-0.1, -0.05) is 18.2 Å². The molecule has 7 nitrogen and oxygen atoms in total. The highest BCUT2D eigenvalue weighted by molar-refractivity contribution is 5.91. The van der Waals surface area contributed by atoms with Gasteiger partial charge in [0.1, 0.15) is 0 Å². The molecule has 0 fully saturated rings. The van der Waals surface area contributed by atoms with Gasteiger partial charge in [0, 0.05) is 36.1 Å². The molecular formula is C25H21N5O2. The molecule has 4 rings (SSSR count). The van der Waals surface area contributed by atoms with Gasteiger partial charge < -0.3 is 10.1 Å². The number of pyridine rings is 1. The summed E-state index contributed by atoms with van der Waals surface area (Å²) in [6.07, 6.45) is 6.96. The quantitative estimate of drug-likeness (QED) is 0.342. The largest absolute Gasteiger partial charge is 0.465 e. The average Bonchev–Trinajstić information content (AvgIpc) is 2.85. The van der Waals surface area contributed by atoms with E-state index in [-0.39, 0.29) is 5.97 Å². The summed E-state index contributed by atoms with van der Waals surface area (Å²) in [4.78, 5) is 29.2. The molecule has 2 aromatic heterocycles. The Bertz CT molecular complexity index is 1260. The van der Waals surface area contributed by atoms with E-state index in [9.17, 15) is 4.79 Å². The molecule has 0 atom stereocenters. The van der Waals surface area contributed by atoms with Crippen LogP contribution in [0.4, 0.5) is 17.3 Å². The molecule has 0 aliphatic rings. The second-order valence-electron chi connectivity index (χ2n) is 7.01. The first-order chi connectivity index (χ1) is 15.6. The summed E-state index contributed by atoms with van der Waals surface area (Å²) < 4.78 is 4.72. The maximum Gasteiger partial charge on any atom is 0.337 e. The van der Waals surface area contributed by atoms with E-state index in [1.165, 1.54) is 7.11 Å². The van der Waals surface area contributed by atoms with Crippen LogP contribution in [0.1, 0.15) is 21.5 Å². The van der Waals surface area contributed by atoms with Gasteiger partial charge in [-0.2, -0.15) is 0 Å². The van der Waals surface area contributed by atoms with Gasteiger partial charge in [0.2, 0.25) is 5.95 Å². The molecule has 2 heterocycles. The fourth-order valence-corrected chi connectivity index (χ4v) is 3.02. The van der Waals surface area contributed by atoms with Gasteiger partial charge in [-0.25, -0.2) is 14.8 Å². The number of nitrogens with one attached hydrogen (secondary N) is 1. The molecule has 0 radical (unpaired) electrons. The van der Waals surface area contributed by atoms with Gasteiger partial charge in [0.15, 0.2) is 0 Å². The highest BCUT2D eigenvalue weighted by Gasteiger charge is 2.06. The topological polar surface area (TPSA) is 89.4 Å². The zero-order chi connectivity index (χ0) is 22.3. The van der Waals surface area contributed by atoms with Crippen LogP contribution in [0.5, 0.6) is 0 Å². The molecule has 0 unspecified atom stereocenters. The predicted octanol–water partition coefficient (Wildman–Crippen LogP) is 5.13. The third-order valence-corrected chi connectivity index (χ3v) is 4.76. The van der Waals surface area contributed by atoms with Crippen LogP contribution >= 0.6 is 0 Å². The number of benzene rings is 2. The van der Waals surface area contributed by atoms with Gasteiger partial charge in [-0.05, 0) is 60.5 Å². The Kier molecular flexibility index (Phi) is 6.27. The molecule has 0 bridgehead atoms. The van der Waals surface area contributed by atoms with E-state index < -0.39 is 0 Å². The molecule has 4 aromatic rings. The van der Waals surface area contributed by atoms with Crippen molar-refractivity contribution in [2.24, 2.45) is 4.99 Å². The molecular weight excluding hydrogens is 402 g/mol. The predicted molar refractivity (Wildman–Crippen MR) is 125 cm³/mol. The number of aryl methyl sites for hydroxylation is 1. The van der Waals surface area contributed by atoms with Crippen LogP contribution in [0, 0.1) is 6.92 Å². The van der Waals surface area contributed by atoms with Crippen molar-refractivity contribution < 1.29 is 9.53 Å². The first-order valence-corrected chi connectivity index (χ1v) is 9.96. The van der Waals surface area contributed by atoms with E-state index in [1.807, 2.05) is 55.5 Å². The van der Waals surface area contributed by atoms with Crippen molar-refractivity contribution in [1.29, 1.82) is 0 Å². The van der Waals surface area contributed by atoms with Crippen LogP contribution in [-0.2, 0) is 4.74 Å². The molecule has 0 spiro atoms. The van der Waals surface area contributed by atoms with Crippen molar-refractivity contribution in [3.05, 3.63) is 95.9 Å². The number of hydrogen-bond acceptors (Lipinski definition) is 7. The summed E-state index contributed by atoms with van der Waals surface area (Å²) in [5.41, 5.74) is 5.76. The van der Waals surface area contributed by atoms with Crippen molar-refractivity contribution in [1.82, 2.24) is 15.0 Å². The Hall–Kier alpha value is -4.39. The average molecular weight is 423 g/mol. The van der Waals surface area contributed by atoms with Crippen molar-refractivity contribution in [3.63, 3.8) is 0 Å². The van der Waals surface area contributed by atoms with Crippen LogP contribution in [0.2, 0.25) is 0 Å². The number of aliphatic imine (C=N–C) groups is 1. The van der Waals surface area contributed by atoms with Crippen LogP contribution in [0.3, 0.4) is 0 Å². The number of ether oxygens (including phenoxy) is 1. The number of hydrogen-bond donors (Lipinski definition) is 1. The minimum absolute atomic E-state index is 0.363. The maximum atomic E-state index is 11.6. The number of esters is 1. The van der Waals surface area contributed by atoms with Gasteiger partial charge >= 0.3 is 5.97 Å². The zero-order valence-corrected chi connectivity index (χ0v) is 17.7. The number of anilines is 2. The van der Waals surface area contributed by atoms with Crippen molar-refractivity contribution in [2.45, 2.75) is 6.92 Å². The number of carbonyl (C=O) groups excluding carboxylic acids is 1. The van der Waals surface area contributed by atoms with E-state index in [4.69, 9.17) is 4.74 Å². The monoisotopic (exact) mass is 423 g/mol. The zero-order valence-electron chi connectivity index (χ0n) is 17.7. The minimum atomic E-state index is -0.363. The van der Waals surface area contributed by atoms with E-state index >= 15 is 0 Å². The number of nitrogens with zero attached hydrogens (tertiary/aromatic N) is 4. The smallest absolute Gasteiger partial charge is 0.337 e.